The van der Waals surface area contributed by atoms with Crippen molar-refractivity contribution in [3.05, 3.63) is 63.6 Å². The summed E-state index contributed by atoms with van der Waals surface area (Å²) in [4.78, 5) is 14.7. The minimum Gasteiger partial charge on any atom is -0.371 e. The Morgan fingerprint density at radius 3 is 2.79 bits per heavy atom. The van der Waals surface area contributed by atoms with Crippen molar-refractivity contribution in [2.24, 2.45) is 5.92 Å². The van der Waals surface area contributed by atoms with Crippen molar-refractivity contribution < 1.29 is 4.79 Å². The molecule has 0 bridgehead atoms. The van der Waals surface area contributed by atoms with Crippen molar-refractivity contribution in [3.8, 4) is 0 Å². The average molecular weight is 387 g/mol. The van der Waals surface area contributed by atoms with Gasteiger partial charge in [0.2, 0.25) is 0 Å². The molecule has 0 aromatic heterocycles. The van der Waals surface area contributed by atoms with Gasteiger partial charge in [-0.3, -0.25) is 4.79 Å². The minimum atomic E-state index is 0.0269. The zero-order valence-corrected chi connectivity index (χ0v) is 15.8. The van der Waals surface area contributed by atoms with E-state index < -0.39 is 0 Å². The van der Waals surface area contributed by atoms with E-state index in [0.717, 1.165) is 41.7 Å². The van der Waals surface area contributed by atoms with Crippen LogP contribution in [-0.4, -0.2) is 25.5 Å². The first kappa shape index (κ1) is 17.0. The standard InChI is InChI=1S/C20H23BrN2O/c1-14-6-7-17(10-15(14)2)20(24)22-12-16-8-9-23(13-16)19-5-3-4-18(21)11-19/h3-7,10-11,16H,8-9,12-13H2,1-2H3,(H,22,24). The summed E-state index contributed by atoms with van der Waals surface area (Å²) >= 11 is 3.53. The van der Waals surface area contributed by atoms with Crippen LogP contribution >= 0.6 is 15.9 Å². The Morgan fingerprint density at radius 1 is 1.21 bits per heavy atom. The number of hydrogen-bond acceptors (Lipinski definition) is 2. The number of carbonyl (C=O) groups excluding carboxylic acids is 1. The first-order valence-corrected chi connectivity index (χ1v) is 9.18. The number of amides is 1. The predicted molar refractivity (Wildman–Crippen MR) is 103 cm³/mol. The highest BCUT2D eigenvalue weighted by Crippen LogP contribution is 2.26. The molecule has 1 fully saturated rings. The first-order valence-electron chi connectivity index (χ1n) is 8.39. The molecule has 1 unspecified atom stereocenters. The van der Waals surface area contributed by atoms with Gasteiger partial charge in [-0.2, -0.15) is 0 Å². The van der Waals surface area contributed by atoms with E-state index in [1.54, 1.807) is 0 Å². The second kappa shape index (κ2) is 7.39. The molecule has 1 amide bonds. The Morgan fingerprint density at radius 2 is 2.04 bits per heavy atom. The van der Waals surface area contributed by atoms with Gasteiger partial charge in [-0.25, -0.2) is 0 Å². The summed E-state index contributed by atoms with van der Waals surface area (Å²) in [6.07, 6.45) is 1.11. The molecule has 2 aromatic rings. The molecule has 1 aliphatic rings. The number of hydrogen-bond donors (Lipinski definition) is 1. The summed E-state index contributed by atoms with van der Waals surface area (Å²) in [5.74, 6) is 0.526. The smallest absolute Gasteiger partial charge is 0.251 e. The summed E-state index contributed by atoms with van der Waals surface area (Å²) < 4.78 is 1.10. The van der Waals surface area contributed by atoms with Crippen LogP contribution in [0.25, 0.3) is 0 Å². The third-order valence-electron chi connectivity index (χ3n) is 4.78. The van der Waals surface area contributed by atoms with Gasteiger partial charge < -0.3 is 10.2 Å². The maximum atomic E-state index is 12.3. The Kier molecular flexibility index (Phi) is 5.24. The van der Waals surface area contributed by atoms with Gasteiger partial charge in [-0.05, 0) is 67.6 Å². The number of halogens is 1. The van der Waals surface area contributed by atoms with Gasteiger partial charge in [-0.1, -0.05) is 28.1 Å². The molecule has 3 rings (SSSR count). The topological polar surface area (TPSA) is 32.3 Å². The van der Waals surface area contributed by atoms with Crippen LogP contribution in [0, 0.1) is 19.8 Å². The van der Waals surface area contributed by atoms with Gasteiger partial charge >= 0.3 is 0 Å². The third kappa shape index (κ3) is 3.99. The molecular formula is C20H23BrN2O. The summed E-state index contributed by atoms with van der Waals surface area (Å²) in [6.45, 7) is 6.87. The van der Waals surface area contributed by atoms with E-state index in [2.05, 4.69) is 51.3 Å². The fraction of sp³-hybridized carbons (Fsp3) is 0.350. The normalized spacial score (nSPS) is 17.1. The molecule has 0 spiro atoms. The Balaban J connectivity index is 1.54. The van der Waals surface area contributed by atoms with Gasteiger partial charge in [0.15, 0.2) is 0 Å². The maximum Gasteiger partial charge on any atom is 0.251 e. The number of benzene rings is 2. The molecule has 0 radical (unpaired) electrons. The molecule has 3 nitrogen and oxygen atoms in total. The largest absolute Gasteiger partial charge is 0.371 e. The van der Waals surface area contributed by atoms with E-state index in [4.69, 9.17) is 0 Å². The zero-order valence-electron chi connectivity index (χ0n) is 14.2. The number of nitrogens with zero attached hydrogens (tertiary/aromatic N) is 1. The molecule has 0 saturated carbocycles. The SMILES string of the molecule is Cc1ccc(C(=O)NCC2CCN(c3cccc(Br)c3)C2)cc1C. The second-order valence-corrected chi connectivity index (χ2v) is 7.51. The summed E-state index contributed by atoms with van der Waals surface area (Å²) in [5, 5.41) is 3.10. The van der Waals surface area contributed by atoms with Crippen molar-refractivity contribution in [3.63, 3.8) is 0 Å². The number of rotatable bonds is 4. The van der Waals surface area contributed by atoms with Crippen LogP contribution in [0.3, 0.4) is 0 Å². The van der Waals surface area contributed by atoms with Crippen molar-refractivity contribution in [1.29, 1.82) is 0 Å². The van der Waals surface area contributed by atoms with Crippen LogP contribution in [0.2, 0.25) is 0 Å². The van der Waals surface area contributed by atoms with E-state index in [-0.39, 0.29) is 5.91 Å². The van der Waals surface area contributed by atoms with Crippen molar-refractivity contribution in [1.82, 2.24) is 5.32 Å². The summed E-state index contributed by atoms with van der Waals surface area (Å²) in [7, 11) is 0. The summed E-state index contributed by atoms with van der Waals surface area (Å²) in [6, 6.07) is 14.3. The zero-order chi connectivity index (χ0) is 17.1. The Hall–Kier alpha value is -1.81. The van der Waals surface area contributed by atoms with Crippen molar-refractivity contribution >= 4 is 27.5 Å². The molecule has 126 valence electrons. The van der Waals surface area contributed by atoms with E-state index in [1.165, 1.54) is 11.3 Å². The highest BCUT2D eigenvalue weighted by Gasteiger charge is 2.23. The Bertz CT molecular complexity index is 744. The van der Waals surface area contributed by atoms with E-state index in [0.29, 0.717) is 5.92 Å². The maximum absolute atomic E-state index is 12.3. The fourth-order valence-corrected chi connectivity index (χ4v) is 3.52. The molecular weight excluding hydrogens is 364 g/mol. The van der Waals surface area contributed by atoms with Gasteiger partial charge in [0.25, 0.3) is 5.91 Å². The Labute approximate surface area is 152 Å². The van der Waals surface area contributed by atoms with Crippen LogP contribution < -0.4 is 10.2 Å². The number of nitrogens with one attached hydrogen (secondary N) is 1. The summed E-state index contributed by atoms with van der Waals surface area (Å²) in [5.41, 5.74) is 4.36. The fourth-order valence-electron chi connectivity index (χ4n) is 3.13. The number of carbonyl (C=O) groups is 1. The van der Waals surface area contributed by atoms with Crippen LogP contribution in [0.15, 0.2) is 46.9 Å². The van der Waals surface area contributed by atoms with Crippen molar-refractivity contribution in [2.45, 2.75) is 20.3 Å². The quantitative estimate of drug-likeness (QED) is 0.848. The lowest BCUT2D eigenvalue weighted by Crippen LogP contribution is -2.31. The van der Waals surface area contributed by atoms with E-state index in [9.17, 15) is 4.79 Å². The second-order valence-electron chi connectivity index (χ2n) is 6.59. The van der Waals surface area contributed by atoms with E-state index >= 15 is 0 Å². The average Bonchev–Trinajstić information content (AvgIpc) is 3.04. The van der Waals surface area contributed by atoms with Crippen LogP contribution in [0.5, 0.6) is 0 Å². The van der Waals surface area contributed by atoms with Gasteiger partial charge in [0.1, 0.15) is 0 Å². The molecule has 4 heteroatoms. The molecule has 1 saturated heterocycles. The van der Waals surface area contributed by atoms with E-state index in [1.807, 2.05) is 31.2 Å². The third-order valence-corrected chi connectivity index (χ3v) is 5.27. The molecule has 1 N–H and O–H groups in total. The van der Waals surface area contributed by atoms with Gasteiger partial charge in [-0.15, -0.1) is 0 Å². The number of anilines is 1. The van der Waals surface area contributed by atoms with Gasteiger partial charge in [0, 0.05) is 35.4 Å². The molecule has 0 aliphatic carbocycles. The first-order chi connectivity index (χ1) is 11.5. The molecule has 1 heterocycles. The monoisotopic (exact) mass is 386 g/mol. The predicted octanol–water partition coefficient (Wildman–Crippen LogP) is 4.32. The number of aryl methyl sites for hydroxylation is 2. The lowest BCUT2D eigenvalue weighted by atomic mass is 10.1. The molecule has 2 aromatic carbocycles. The molecule has 24 heavy (non-hydrogen) atoms. The lowest BCUT2D eigenvalue weighted by molar-refractivity contribution is 0.0948. The van der Waals surface area contributed by atoms with Crippen LogP contribution in [0.4, 0.5) is 5.69 Å². The van der Waals surface area contributed by atoms with Crippen LogP contribution in [-0.2, 0) is 0 Å². The lowest BCUT2D eigenvalue weighted by Gasteiger charge is -2.19. The van der Waals surface area contributed by atoms with Crippen LogP contribution in [0.1, 0.15) is 27.9 Å². The minimum absolute atomic E-state index is 0.0269. The van der Waals surface area contributed by atoms with Gasteiger partial charge in [0.05, 0.1) is 0 Å². The molecule has 1 atom stereocenters. The molecule has 1 aliphatic heterocycles. The highest BCUT2D eigenvalue weighted by atomic mass is 79.9. The van der Waals surface area contributed by atoms with Crippen molar-refractivity contribution in [2.75, 3.05) is 24.5 Å². The highest BCUT2D eigenvalue weighted by molar-refractivity contribution is 9.10.